The fourth-order valence-electron chi connectivity index (χ4n) is 4.90. The van der Waals surface area contributed by atoms with Crippen LogP contribution in [0.15, 0.2) is 84.1 Å². The maximum absolute atomic E-state index is 13.7. The van der Waals surface area contributed by atoms with E-state index in [1.165, 1.54) is 0 Å². The summed E-state index contributed by atoms with van der Waals surface area (Å²) in [5, 5.41) is 7.24. The summed E-state index contributed by atoms with van der Waals surface area (Å²) in [6.45, 7) is 5.22. The third-order valence-corrected chi connectivity index (χ3v) is 6.50. The first kappa shape index (κ1) is 22.1. The van der Waals surface area contributed by atoms with E-state index in [4.69, 9.17) is 9.47 Å². The summed E-state index contributed by atoms with van der Waals surface area (Å²) >= 11 is 0. The zero-order valence-corrected chi connectivity index (χ0v) is 19.6. The number of rotatable bonds is 6. The number of ether oxygens (including phenoxy) is 2. The van der Waals surface area contributed by atoms with Gasteiger partial charge in [-0.05, 0) is 73.7 Å². The Morgan fingerprint density at radius 1 is 0.765 bits per heavy atom. The third-order valence-electron chi connectivity index (χ3n) is 6.50. The summed E-state index contributed by atoms with van der Waals surface area (Å²) in [7, 11) is 0. The van der Waals surface area contributed by atoms with Gasteiger partial charge in [0, 0.05) is 17.7 Å². The zero-order valence-electron chi connectivity index (χ0n) is 19.6. The van der Waals surface area contributed by atoms with Crippen LogP contribution in [-0.4, -0.2) is 19.0 Å². The summed E-state index contributed by atoms with van der Waals surface area (Å²) in [5.74, 6) is 1.99. The molecule has 0 fully saturated rings. The average molecular weight is 455 g/mol. The van der Waals surface area contributed by atoms with Crippen molar-refractivity contribution in [3.8, 4) is 11.5 Å². The lowest BCUT2D eigenvalue weighted by atomic mass is 9.78. The molecular weight excluding hydrogens is 424 g/mol. The first-order chi connectivity index (χ1) is 16.7. The highest BCUT2D eigenvalue weighted by molar-refractivity contribution is 6.01. The zero-order chi connectivity index (χ0) is 23.5. The van der Waals surface area contributed by atoms with E-state index >= 15 is 0 Å². The maximum Gasteiger partial charge on any atom is 0.163 e. The van der Waals surface area contributed by atoms with Crippen molar-refractivity contribution in [3.05, 3.63) is 95.2 Å². The number of carbonyl (C=O) groups excluding carboxylic acids is 1. The number of ketones is 1. The number of Topliss-reactive ketones (excluding diaryl/α,β-unsaturated/α-hetero) is 1. The van der Waals surface area contributed by atoms with Gasteiger partial charge in [0.2, 0.25) is 0 Å². The second-order valence-electron chi connectivity index (χ2n) is 8.67. The Balaban J connectivity index is 1.51. The van der Waals surface area contributed by atoms with E-state index in [2.05, 4.69) is 34.9 Å². The average Bonchev–Trinajstić information content (AvgIpc) is 3.02. The van der Waals surface area contributed by atoms with Gasteiger partial charge in [-0.15, -0.1) is 0 Å². The Morgan fingerprint density at radius 3 is 1.97 bits per heavy atom. The summed E-state index contributed by atoms with van der Waals surface area (Å²) in [4.78, 5) is 13.7. The molecule has 3 aromatic carbocycles. The molecule has 5 rings (SSSR count). The smallest absolute Gasteiger partial charge is 0.163 e. The van der Waals surface area contributed by atoms with E-state index < -0.39 is 0 Å². The Bertz CT molecular complexity index is 1200. The Morgan fingerprint density at radius 2 is 1.35 bits per heavy atom. The van der Waals surface area contributed by atoms with Crippen molar-refractivity contribution in [1.82, 2.24) is 0 Å². The van der Waals surface area contributed by atoms with Crippen molar-refractivity contribution in [2.45, 2.75) is 38.6 Å². The molecule has 0 amide bonds. The van der Waals surface area contributed by atoms with E-state index in [9.17, 15) is 4.79 Å². The lowest BCUT2D eigenvalue weighted by molar-refractivity contribution is -0.116. The number of hydrogen-bond acceptors (Lipinski definition) is 5. The van der Waals surface area contributed by atoms with Gasteiger partial charge in [-0.2, -0.15) is 0 Å². The molecule has 2 atom stereocenters. The second kappa shape index (κ2) is 9.64. The minimum absolute atomic E-state index is 0.126. The summed E-state index contributed by atoms with van der Waals surface area (Å²) in [6, 6.07) is 24.1. The van der Waals surface area contributed by atoms with Gasteiger partial charge in [0.25, 0.3) is 0 Å². The molecule has 0 radical (unpaired) electrons. The molecule has 34 heavy (non-hydrogen) atoms. The number of carbonyl (C=O) groups is 1. The van der Waals surface area contributed by atoms with Crippen molar-refractivity contribution in [3.63, 3.8) is 0 Å². The van der Waals surface area contributed by atoms with Gasteiger partial charge >= 0.3 is 0 Å². The van der Waals surface area contributed by atoms with Gasteiger partial charge in [0.05, 0.1) is 30.6 Å². The molecule has 3 aromatic rings. The van der Waals surface area contributed by atoms with Crippen molar-refractivity contribution in [1.29, 1.82) is 0 Å². The predicted octanol–water partition coefficient (Wildman–Crippen LogP) is 6.46. The third kappa shape index (κ3) is 4.38. The van der Waals surface area contributed by atoms with Crippen LogP contribution >= 0.6 is 0 Å². The van der Waals surface area contributed by atoms with Crippen LogP contribution < -0.4 is 20.1 Å². The standard InChI is InChI=1S/C29H30N2O3/c1-3-33-22-13-9-19(10-14-22)21-17-26-28(27(32)18-21)29(20-11-15-23(16-12-20)34-4-2)31-25-8-6-5-7-24(25)30-26/h5-16,21,29-31H,3-4,17-18H2,1-2H3. The molecule has 5 heteroatoms. The van der Waals surface area contributed by atoms with Gasteiger partial charge in [0.1, 0.15) is 11.5 Å². The first-order valence-electron chi connectivity index (χ1n) is 12.0. The van der Waals surface area contributed by atoms with Gasteiger partial charge in [-0.3, -0.25) is 4.79 Å². The molecule has 2 unspecified atom stereocenters. The van der Waals surface area contributed by atoms with Crippen molar-refractivity contribution < 1.29 is 14.3 Å². The number of fused-ring (bicyclic) bond motifs is 1. The van der Waals surface area contributed by atoms with E-state index in [-0.39, 0.29) is 17.7 Å². The molecule has 5 nitrogen and oxygen atoms in total. The molecule has 1 aliphatic carbocycles. The Kier molecular flexibility index (Phi) is 6.26. The highest BCUT2D eigenvalue weighted by atomic mass is 16.5. The van der Waals surface area contributed by atoms with Crippen LogP contribution in [0.2, 0.25) is 0 Å². The first-order valence-corrected chi connectivity index (χ1v) is 12.0. The van der Waals surface area contributed by atoms with E-state index in [0.29, 0.717) is 19.6 Å². The maximum atomic E-state index is 13.7. The monoisotopic (exact) mass is 454 g/mol. The lowest BCUT2D eigenvalue weighted by Gasteiger charge is -2.30. The van der Waals surface area contributed by atoms with Gasteiger partial charge in [-0.1, -0.05) is 36.4 Å². The van der Waals surface area contributed by atoms with Crippen LogP contribution in [0.3, 0.4) is 0 Å². The minimum atomic E-state index is -0.226. The molecule has 0 saturated carbocycles. The van der Waals surface area contributed by atoms with Crippen LogP contribution in [0.25, 0.3) is 0 Å². The predicted molar refractivity (Wildman–Crippen MR) is 136 cm³/mol. The van der Waals surface area contributed by atoms with E-state index in [0.717, 1.165) is 51.7 Å². The molecule has 174 valence electrons. The molecule has 1 aliphatic heterocycles. The molecule has 2 aliphatic rings. The summed E-state index contributed by atoms with van der Waals surface area (Å²) in [5.41, 5.74) is 5.99. The number of nitrogens with one attached hydrogen (secondary N) is 2. The number of benzene rings is 3. The van der Waals surface area contributed by atoms with Crippen LogP contribution in [0.4, 0.5) is 11.4 Å². The normalized spacial score (nSPS) is 19.3. The molecule has 0 spiro atoms. The minimum Gasteiger partial charge on any atom is -0.494 e. The number of para-hydroxylation sites is 2. The Labute approximate surface area is 200 Å². The van der Waals surface area contributed by atoms with Gasteiger partial charge in [0.15, 0.2) is 5.78 Å². The molecule has 2 N–H and O–H groups in total. The van der Waals surface area contributed by atoms with Crippen LogP contribution in [-0.2, 0) is 4.79 Å². The number of hydrogen-bond donors (Lipinski definition) is 2. The van der Waals surface area contributed by atoms with Crippen molar-refractivity contribution in [2.75, 3.05) is 23.8 Å². The van der Waals surface area contributed by atoms with Crippen LogP contribution in [0.1, 0.15) is 49.8 Å². The molecular formula is C29H30N2O3. The van der Waals surface area contributed by atoms with Crippen molar-refractivity contribution >= 4 is 17.2 Å². The van der Waals surface area contributed by atoms with Gasteiger partial charge in [-0.25, -0.2) is 0 Å². The highest BCUT2D eigenvalue weighted by Crippen LogP contribution is 2.44. The summed E-state index contributed by atoms with van der Waals surface area (Å²) in [6.07, 6.45) is 1.26. The fraction of sp³-hybridized carbons (Fsp3) is 0.276. The molecule has 0 aromatic heterocycles. The lowest BCUT2D eigenvalue weighted by Crippen LogP contribution is -2.26. The van der Waals surface area contributed by atoms with Crippen LogP contribution in [0, 0.1) is 0 Å². The number of anilines is 2. The largest absolute Gasteiger partial charge is 0.494 e. The molecule has 1 heterocycles. The highest BCUT2D eigenvalue weighted by Gasteiger charge is 2.36. The number of allylic oxidation sites excluding steroid dienone is 1. The quantitative estimate of drug-likeness (QED) is 0.447. The van der Waals surface area contributed by atoms with E-state index in [1.54, 1.807) is 0 Å². The fourth-order valence-corrected chi connectivity index (χ4v) is 4.90. The summed E-state index contributed by atoms with van der Waals surface area (Å²) < 4.78 is 11.2. The second-order valence-corrected chi connectivity index (χ2v) is 8.67. The van der Waals surface area contributed by atoms with Crippen LogP contribution in [0.5, 0.6) is 11.5 Å². The Hall–Kier alpha value is -3.73. The topological polar surface area (TPSA) is 59.6 Å². The molecule has 0 bridgehead atoms. The SMILES string of the molecule is CCOc1ccc(C2CC(=O)C3=C(C2)Nc2ccccc2NC3c2ccc(OCC)cc2)cc1. The van der Waals surface area contributed by atoms with Gasteiger partial charge < -0.3 is 20.1 Å². The van der Waals surface area contributed by atoms with Crippen molar-refractivity contribution in [2.24, 2.45) is 0 Å². The van der Waals surface area contributed by atoms with E-state index in [1.807, 2.05) is 62.4 Å². The molecule has 0 saturated heterocycles.